The molecule has 1 aliphatic rings. The van der Waals surface area contributed by atoms with Crippen molar-refractivity contribution in [2.45, 2.75) is 6.54 Å². The third kappa shape index (κ3) is 4.99. The fourth-order valence-electron chi connectivity index (χ4n) is 2.22. The molecule has 6 heteroatoms. The number of benzene rings is 2. The highest BCUT2D eigenvalue weighted by molar-refractivity contribution is 14.2. The number of para-hydroxylation sites is 2. The fourth-order valence-corrected chi connectivity index (χ4v) is 4.34. The summed E-state index contributed by atoms with van der Waals surface area (Å²) < 4.78 is 17.3. The molecule has 0 saturated carbocycles. The van der Waals surface area contributed by atoms with Gasteiger partial charge in [-0.2, -0.15) is 0 Å². The van der Waals surface area contributed by atoms with Crippen LogP contribution in [-0.2, 0) is 11.3 Å². The van der Waals surface area contributed by atoms with Gasteiger partial charge in [-0.3, -0.25) is 4.79 Å². The monoisotopic (exact) mass is 449 g/mol. The molecule has 2 aromatic carbocycles. The summed E-state index contributed by atoms with van der Waals surface area (Å²) >= 11 is -0.265. The average molecular weight is 449 g/mol. The zero-order chi connectivity index (χ0) is 17.6. The van der Waals surface area contributed by atoms with E-state index in [-0.39, 0.29) is 32.7 Å². The molecule has 4 nitrogen and oxygen atoms in total. The van der Waals surface area contributed by atoms with Crippen molar-refractivity contribution in [1.29, 1.82) is 0 Å². The zero-order valence-electron chi connectivity index (χ0n) is 13.3. The third-order valence-corrected chi connectivity index (χ3v) is 5.81. The van der Waals surface area contributed by atoms with Crippen LogP contribution in [0.4, 0.5) is 15.8 Å². The molecule has 0 bridgehead atoms. The Bertz CT molecular complexity index is 859. The van der Waals surface area contributed by atoms with Gasteiger partial charge in [0.2, 0.25) is 5.91 Å². The Kier molecular flexibility index (Phi) is 5.60. The SMILES string of the molecule is Nc1ccccc1NC(=O)/C=C/C1=CN(Cc2ccc(F)cc2)I=C1. The quantitative estimate of drug-likeness (QED) is 0.314. The summed E-state index contributed by atoms with van der Waals surface area (Å²) in [6, 6.07) is 13.7. The molecule has 0 saturated heterocycles. The Morgan fingerprint density at radius 2 is 1.96 bits per heavy atom. The van der Waals surface area contributed by atoms with E-state index in [4.69, 9.17) is 5.73 Å². The number of halogens is 2. The Balaban J connectivity index is 1.57. The minimum absolute atomic E-state index is 0.220. The van der Waals surface area contributed by atoms with E-state index < -0.39 is 0 Å². The number of carbonyl (C=O) groups excluding carboxylic acids is 1. The van der Waals surface area contributed by atoms with Crippen LogP contribution in [0.1, 0.15) is 5.56 Å². The zero-order valence-corrected chi connectivity index (χ0v) is 15.5. The maximum Gasteiger partial charge on any atom is 0.248 e. The molecule has 0 aromatic heterocycles. The second kappa shape index (κ2) is 8.06. The standard InChI is InChI=1S/C19H17FIN3O/c20-16-8-5-14(6-9-16)12-24-13-15(11-21-24)7-10-19(25)23-18-4-2-1-3-17(18)22/h1-11,13H,12,22H2,(H,23,25)/b10-7+. The van der Waals surface area contributed by atoms with Crippen molar-refractivity contribution in [1.82, 2.24) is 3.11 Å². The van der Waals surface area contributed by atoms with Crippen LogP contribution in [0.3, 0.4) is 0 Å². The molecule has 1 aliphatic heterocycles. The van der Waals surface area contributed by atoms with E-state index in [1.165, 1.54) is 18.2 Å². The van der Waals surface area contributed by atoms with Crippen LogP contribution in [0.2, 0.25) is 0 Å². The number of nitrogens with zero attached hydrogens (tertiary/aromatic N) is 1. The summed E-state index contributed by atoms with van der Waals surface area (Å²) in [7, 11) is 0. The molecule has 1 heterocycles. The summed E-state index contributed by atoms with van der Waals surface area (Å²) in [5, 5.41) is 2.76. The number of hydrogen-bond acceptors (Lipinski definition) is 3. The second-order valence-electron chi connectivity index (χ2n) is 5.43. The number of rotatable bonds is 5. The van der Waals surface area contributed by atoms with Gasteiger partial charge in [0.15, 0.2) is 0 Å². The van der Waals surface area contributed by atoms with Gasteiger partial charge in [-0.05, 0) is 66.5 Å². The van der Waals surface area contributed by atoms with E-state index in [9.17, 15) is 9.18 Å². The van der Waals surface area contributed by atoms with Crippen LogP contribution in [-0.4, -0.2) is 13.0 Å². The first-order chi connectivity index (χ1) is 12.1. The lowest BCUT2D eigenvalue weighted by atomic mass is 10.2. The predicted octanol–water partition coefficient (Wildman–Crippen LogP) is 3.99. The molecular weight excluding hydrogens is 432 g/mol. The van der Waals surface area contributed by atoms with Crippen LogP contribution in [0.15, 0.2) is 72.5 Å². The summed E-state index contributed by atoms with van der Waals surface area (Å²) in [6.45, 7) is 0.744. The number of carbonyl (C=O) groups is 1. The van der Waals surface area contributed by atoms with Gasteiger partial charge in [0.1, 0.15) is 5.82 Å². The van der Waals surface area contributed by atoms with Crippen molar-refractivity contribution < 1.29 is 9.18 Å². The minimum Gasteiger partial charge on any atom is -0.397 e. The molecule has 0 radical (unpaired) electrons. The molecule has 1 amide bonds. The van der Waals surface area contributed by atoms with Gasteiger partial charge in [0, 0.05) is 12.3 Å². The second-order valence-corrected chi connectivity index (χ2v) is 7.85. The van der Waals surface area contributed by atoms with Crippen LogP contribution >= 0.6 is 21.0 Å². The first kappa shape index (κ1) is 17.3. The summed E-state index contributed by atoms with van der Waals surface area (Å²) in [5.74, 6) is -0.446. The van der Waals surface area contributed by atoms with Crippen LogP contribution < -0.4 is 11.1 Å². The number of nitrogen functional groups attached to an aromatic ring is 1. The van der Waals surface area contributed by atoms with Crippen molar-refractivity contribution >= 4 is 42.3 Å². The van der Waals surface area contributed by atoms with Gasteiger partial charge in [-0.1, -0.05) is 24.3 Å². The molecule has 0 unspecified atom stereocenters. The van der Waals surface area contributed by atoms with Crippen molar-refractivity contribution in [2.75, 3.05) is 11.1 Å². The van der Waals surface area contributed by atoms with Gasteiger partial charge >= 0.3 is 0 Å². The predicted molar refractivity (Wildman–Crippen MR) is 109 cm³/mol. The van der Waals surface area contributed by atoms with Gasteiger partial charge in [-0.25, -0.2) is 4.39 Å². The van der Waals surface area contributed by atoms with Crippen LogP contribution in [0.25, 0.3) is 0 Å². The first-order valence-electron chi connectivity index (χ1n) is 7.63. The molecule has 0 fully saturated rings. The van der Waals surface area contributed by atoms with Crippen LogP contribution in [0.5, 0.6) is 0 Å². The normalized spacial score (nSPS) is 13.6. The summed E-state index contributed by atoms with van der Waals surface area (Å²) in [4.78, 5) is 12.0. The maximum absolute atomic E-state index is 12.9. The van der Waals surface area contributed by atoms with Gasteiger partial charge in [-0.15, -0.1) is 0 Å². The Morgan fingerprint density at radius 1 is 1.20 bits per heavy atom. The third-order valence-electron chi connectivity index (χ3n) is 3.48. The van der Waals surface area contributed by atoms with Crippen molar-refractivity contribution in [3.05, 3.63) is 83.8 Å². The molecule has 2 aromatic rings. The van der Waals surface area contributed by atoms with Gasteiger partial charge < -0.3 is 14.2 Å². The Hall–Kier alpha value is -2.48. The van der Waals surface area contributed by atoms with Gasteiger partial charge in [0.05, 0.1) is 17.9 Å². The number of hydrogen-bond donors (Lipinski definition) is 2. The smallest absolute Gasteiger partial charge is 0.248 e. The molecule has 3 rings (SSSR count). The highest BCUT2D eigenvalue weighted by Gasteiger charge is 2.07. The van der Waals surface area contributed by atoms with Crippen molar-refractivity contribution in [3.8, 4) is 0 Å². The fraction of sp³-hybridized carbons (Fsp3) is 0.0526. The van der Waals surface area contributed by atoms with E-state index in [0.29, 0.717) is 11.4 Å². The van der Waals surface area contributed by atoms with E-state index in [2.05, 4.69) is 12.4 Å². The molecular formula is C19H17FIN3O. The van der Waals surface area contributed by atoms with Crippen LogP contribution in [0, 0.1) is 5.82 Å². The molecule has 25 heavy (non-hydrogen) atoms. The number of allylic oxidation sites excluding steroid dienone is 2. The lowest BCUT2D eigenvalue weighted by molar-refractivity contribution is -0.111. The molecule has 3 N–H and O–H groups in total. The number of nitrogens with two attached hydrogens (primary N) is 1. The Morgan fingerprint density at radius 3 is 2.72 bits per heavy atom. The maximum atomic E-state index is 12.9. The van der Waals surface area contributed by atoms with Gasteiger partial charge in [0.25, 0.3) is 0 Å². The number of anilines is 2. The van der Waals surface area contributed by atoms with E-state index in [1.807, 2.05) is 18.3 Å². The largest absolute Gasteiger partial charge is 0.397 e. The number of nitrogens with one attached hydrogen (secondary N) is 1. The number of amides is 1. The topological polar surface area (TPSA) is 58.4 Å². The molecule has 0 spiro atoms. The molecule has 0 atom stereocenters. The lowest BCUT2D eigenvalue weighted by Gasteiger charge is -2.11. The summed E-state index contributed by atoms with van der Waals surface area (Å²) in [5.41, 5.74) is 9.01. The minimum atomic E-state index is -0.265. The van der Waals surface area contributed by atoms with Crippen molar-refractivity contribution in [3.63, 3.8) is 0 Å². The van der Waals surface area contributed by atoms with E-state index >= 15 is 0 Å². The molecule has 128 valence electrons. The van der Waals surface area contributed by atoms with E-state index in [1.54, 1.807) is 30.3 Å². The Labute approximate surface area is 155 Å². The molecule has 0 aliphatic carbocycles. The highest BCUT2D eigenvalue weighted by Crippen LogP contribution is 2.23. The van der Waals surface area contributed by atoms with Crippen molar-refractivity contribution in [2.24, 2.45) is 0 Å². The lowest BCUT2D eigenvalue weighted by Crippen LogP contribution is -2.09. The highest BCUT2D eigenvalue weighted by atomic mass is 127. The first-order valence-corrected chi connectivity index (χ1v) is 9.84. The summed E-state index contributed by atoms with van der Waals surface area (Å²) in [6.07, 6.45) is 5.32. The average Bonchev–Trinajstić information content (AvgIpc) is 3.05. The van der Waals surface area contributed by atoms with E-state index in [0.717, 1.165) is 17.7 Å².